The number of hydrogen-bond donors (Lipinski definition) is 0. The van der Waals surface area contributed by atoms with Crippen LogP contribution in [-0.2, 0) is 4.74 Å². The van der Waals surface area contributed by atoms with Crippen molar-refractivity contribution in [3.05, 3.63) is 36.0 Å². The predicted molar refractivity (Wildman–Crippen MR) is 65.5 cm³/mol. The molecule has 0 heterocycles. The van der Waals surface area contributed by atoms with Gasteiger partial charge in [0.25, 0.3) is 0 Å². The van der Waals surface area contributed by atoms with Crippen LogP contribution in [0.3, 0.4) is 0 Å². The van der Waals surface area contributed by atoms with Gasteiger partial charge < -0.3 is 4.74 Å². The predicted octanol–water partition coefficient (Wildman–Crippen LogP) is 3.63. The summed E-state index contributed by atoms with van der Waals surface area (Å²) in [4.78, 5) is 0. The van der Waals surface area contributed by atoms with Crippen LogP contribution in [0.25, 0.3) is 0 Å². The first-order valence-electron chi connectivity index (χ1n) is 5.08. The summed E-state index contributed by atoms with van der Waals surface area (Å²) in [6.45, 7) is 11.6. The van der Waals surface area contributed by atoms with Crippen molar-refractivity contribution in [3.8, 4) is 6.07 Å². The Labute approximate surface area is 93.6 Å². The Bertz CT molecular complexity index is 269. The first kappa shape index (κ1) is 16.1. The number of nitrogens with zero attached hydrogens (tertiary/aromatic N) is 1. The average molecular weight is 207 g/mol. The van der Waals surface area contributed by atoms with E-state index in [0.29, 0.717) is 0 Å². The fourth-order valence-corrected chi connectivity index (χ4v) is 0.971. The summed E-state index contributed by atoms with van der Waals surface area (Å²) in [7, 11) is 1.52. The summed E-state index contributed by atoms with van der Waals surface area (Å²) in [5.74, 6) is 0. The van der Waals surface area contributed by atoms with Crippen molar-refractivity contribution < 1.29 is 4.74 Å². The minimum absolute atomic E-state index is 0.470. The van der Waals surface area contributed by atoms with Crippen molar-refractivity contribution in [3.63, 3.8) is 0 Å². The van der Waals surface area contributed by atoms with Gasteiger partial charge in [0.1, 0.15) is 0 Å². The fraction of sp³-hybridized carbons (Fsp3) is 0.462. The molecule has 15 heavy (non-hydrogen) atoms. The molecule has 0 aliphatic heterocycles. The van der Waals surface area contributed by atoms with Gasteiger partial charge in [-0.3, -0.25) is 0 Å². The Morgan fingerprint density at radius 3 is 2.33 bits per heavy atom. The lowest BCUT2D eigenvalue weighted by Crippen LogP contribution is -2.08. The van der Waals surface area contributed by atoms with Crippen LogP contribution >= 0.6 is 0 Å². The zero-order valence-corrected chi connectivity index (χ0v) is 10.4. The highest BCUT2D eigenvalue weighted by molar-refractivity contribution is 5.32. The Kier molecular flexibility index (Phi) is 11.5. The minimum atomic E-state index is -0.470. The maximum atomic E-state index is 8.68. The molecule has 0 aliphatic rings. The lowest BCUT2D eigenvalue weighted by Gasteiger charge is -2.06. The molecule has 0 fully saturated rings. The molecular formula is C13H21NO. The Morgan fingerprint density at radius 2 is 2.00 bits per heavy atom. The normalized spacial score (nSPS) is 12.7. The SMILES string of the molecule is C=C(/C=C\C)/C=C(\C)C(C#N)OC.CC. The van der Waals surface area contributed by atoms with Crippen LogP contribution in [-0.4, -0.2) is 13.2 Å². The summed E-state index contributed by atoms with van der Waals surface area (Å²) >= 11 is 0. The third-order valence-electron chi connectivity index (χ3n) is 1.56. The third-order valence-corrected chi connectivity index (χ3v) is 1.56. The second-order valence-electron chi connectivity index (χ2n) is 2.71. The average Bonchev–Trinajstić information content (AvgIpc) is 2.22. The molecule has 1 unspecified atom stereocenters. The molecule has 0 radical (unpaired) electrons. The largest absolute Gasteiger partial charge is 0.362 e. The van der Waals surface area contributed by atoms with E-state index < -0.39 is 6.10 Å². The Hall–Kier alpha value is -1.33. The van der Waals surface area contributed by atoms with E-state index in [2.05, 4.69) is 6.58 Å². The topological polar surface area (TPSA) is 33.0 Å². The van der Waals surface area contributed by atoms with Crippen molar-refractivity contribution in [1.29, 1.82) is 5.26 Å². The Balaban J connectivity index is 0. The van der Waals surface area contributed by atoms with Crippen molar-refractivity contribution >= 4 is 0 Å². The molecule has 0 amide bonds. The Morgan fingerprint density at radius 1 is 1.47 bits per heavy atom. The maximum absolute atomic E-state index is 8.68. The number of rotatable bonds is 4. The van der Waals surface area contributed by atoms with E-state index in [0.717, 1.165) is 11.1 Å². The van der Waals surface area contributed by atoms with Gasteiger partial charge >= 0.3 is 0 Å². The highest BCUT2D eigenvalue weighted by Crippen LogP contribution is 2.08. The van der Waals surface area contributed by atoms with Crippen molar-refractivity contribution in [2.75, 3.05) is 7.11 Å². The molecule has 0 aromatic rings. The number of methoxy groups -OCH3 is 1. The lowest BCUT2D eigenvalue weighted by molar-refractivity contribution is 0.174. The molecule has 2 heteroatoms. The van der Waals surface area contributed by atoms with E-state index in [1.807, 2.05) is 52.0 Å². The zero-order chi connectivity index (χ0) is 12.3. The second kappa shape index (κ2) is 10.7. The molecule has 2 nitrogen and oxygen atoms in total. The van der Waals surface area contributed by atoms with Crippen LogP contribution in [0.1, 0.15) is 27.7 Å². The zero-order valence-electron chi connectivity index (χ0n) is 10.4. The van der Waals surface area contributed by atoms with Crippen molar-refractivity contribution in [1.82, 2.24) is 0 Å². The summed E-state index contributed by atoms with van der Waals surface area (Å²) in [6, 6.07) is 2.04. The van der Waals surface area contributed by atoms with Crippen LogP contribution in [0.2, 0.25) is 0 Å². The molecule has 0 rings (SSSR count). The van der Waals surface area contributed by atoms with Gasteiger partial charge in [-0.15, -0.1) is 0 Å². The summed E-state index contributed by atoms with van der Waals surface area (Å²) in [6.07, 6.45) is 5.16. The van der Waals surface area contributed by atoms with E-state index >= 15 is 0 Å². The van der Waals surface area contributed by atoms with Crippen molar-refractivity contribution in [2.45, 2.75) is 33.8 Å². The van der Waals surface area contributed by atoms with Crippen LogP contribution in [0.5, 0.6) is 0 Å². The number of nitriles is 1. The van der Waals surface area contributed by atoms with E-state index in [9.17, 15) is 0 Å². The van der Waals surface area contributed by atoms with E-state index in [-0.39, 0.29) is 0 Å². The molecule has 0 saturated carbocycles. The summed E-state index contributed by atoms with van der Waals surface area (Å²) < 4.78 is 4.95. The third kappa shape index (κ3) is 7.72. The van der Waals surface area contributed by atoms with Gasteiger partial charge in [-0.05, 0) is 25.0 Å². The highest BCUT2D eigenvalue weighted by Gasteiger charge is 2.06. The molecule has 0 bridgehead atoms. The van der Waals surface area contributed by atoms with E-state index in [1.54, 1.807) is 0 Å². The number of hydrogen-bond acceptors (Lipinski definition) is 2. The van der Waals surface area contributed by atoms with Crippen LogP contribution in [0, 0.1) is 11.3 Å². The van der Waals surface area contributed by atoms with Crippen molar-refractivity contribution in [2.24, 2.45) is 0 Å². The molecule has 0 aromatic heterocycles. The smallest absolute Gasteiger partial charge is 0.164 e. The first-order valence-corrected chi connectivity index (χ1v) is 5.08. The van der Waals surface area contributed by atoms with E-state index in [4.69, 9.17) is 10.00 Å². The fourth-order valence-electron chi connectivity index (χ4n) is 0.971. The first-order chi connectivity index (χ1) is 7.15. The lowest BCUT2D eigenvalue weighted by atomic mass is 10.1. The van der Waals surface area contributed by atoms with E-state index in [1.165, 1.54) is 7.11 Å². The highest BCUT2D eigenvalue weighted by atomic mass is 16.5. The summed E-state index contributed by atoms with van der Waals surface area (Å²) in [5, 5.41) is 8.68. The molecule has 0 spiro atoms. The number of ether oxygens (including phenoxy) is 1. The number of allylic oxidation sites excluding steroid dienone is 4. The quantitative estimate of drug-likeness (QED) is 0.659. The van der Waals surface area contributed by atoms with Gasteiger partial charge in [-0.1, -0.05) is 38.7 Å². The van der Waals surface area contributed by atoms with Crippen LogP contribution < -0.4 is 0 Å². The van der Waals surface area contributed by atoms with Gasteiger partial charge in [0.05, 0.1) is 6.07 Å². The van der Waals surface area contributed by atoms with Crippen LogP contribution in [0.15, 0.2) is 36.0 Å². The van der Waals surface area contributed by atoms with Gasteiger partial charge in [-0.2, -0.15) is 5.26 Å². The minimum Gasteiger partial charge on any atom is -0.362 e. The maximum Gasteiger partial charge on any atom is 0.164 e. The second-order valence-corrected chi connectivity index (χ2v) is 2.71. The molecule has 0 saturated heterocycles. The van der Waals surface area contributed by atoms with Gasteiger partial charge in [0.2, 0.25) is 0 Å². The standard InChI is InChI=1S/C11H15NO.C2H6/c1-5-6-9(2)7-10(3)11(8-12)13-4;1-2/h5-7,11H,2H2,1,3-4H3;1-2H3/b6-5-,10-7+;. The molecule has 0 aliphatic carbocycles. The monoisotopic (exact) mass is 207 g/mol. The molecular weight excluding hydrogens is 186 g/mol. The van der Waals surface area contributed by atoms with Crippen LogP contribution in [0.4, 0.5) is 0 Å². The molecule has 1 atom stereocenters. The van der Waals surface area contributed by atoms with Gasteiger partial charge in [0, 0.05) is 7.11 Å². The summed E-state index contributed by atoms with van der Waals surface area (Å²) in [5.41, 5.74) is 1.74. The molecule has 0 aromatic carbocycles. The van der Waals surface area contributed by atoms with Gasteiger partial charge in [-0.25, -0.2) is 0 Å². The molecule has 0 N–H and O–H groups in total. The molecule has 84 valence electrons. The van der Waals surface area contributed by atoms with Gasteiger partial charge in [0.15, 0.2) is 6.10 Å².